The van der Waals surface area contributed by atoms with Crippen molar-refractivity contribution in [3.8, 4) is 0 Å². The SMILES string of the molecule is Cc1cccc(C)c1NC(=O)CNC(=O)[C@H]1CCN[C@@H](C)C1. The first-order chi connectivity index (χ1) is 10.5. The Morgan fingerprint density at radius 1 is 1.27 bits per heavy atom. The van der Waals surface area contributed by atoms with Crippen LogP contribution in [0, 0.1) is 19.8 Å². The van der Waals surface area contributed by atoms with Gasteiger partial charge >= 0.3 is 0 Å². The lowest BCUT2D eigenvalue weighted by Crippen LogP contribution is -2.44. The summed E-state index contributed by atoms with van der Waals surface area (Å²) in [5.41, 5.74) is 2.87. The van der Waals surface area contributed by atoms with E-state index in [9.17, 15) is 9.59 Å². The summed E-state index contributed by atoms with van der Waals surface area (Å²) in [6.07, 6.45) is 1.65. The van der Waals surface area contributed by atoms with E-state index < -0.39 is 0 Å². The molecule has 1 aromatic rings. The molecule has 2 amide bonds. The molecule has 0 spiro atoms. The maximum absolute atomic E-state index is 12.1. The molecule has 1 saturated heterocycles. The van der Waals surface area contributed by atoms with Crippen LogP contribution in [0.2, 0.25) is 0 Å². The normalized spacial score (nSPS) is 21.2. The Labute approximate surface area is 131 Å². The van der Waals surface area contributed by atoms with Gasteiger partial charge in [-0.15, -0.1) is 0 Å². The number of aryl methyl sites for hydroxylation is 2. The summed E-state index contributed by atoms with van der Waals surface area (Å²) in [7, 11) is 0. The van der Waals surface area contributed by atoms with Gasteiger partial charge < -0.3 is 16.0 Å². The van der Waals surface area contributed by atoms with Gasteiger partial charge in [0.05, 0.1) is 6.54 Å². The van der Waals surface area contributed by atoms with Crippen molar-refractivity contribution in [1.82, 2.24) is 10.6 Å². The van der Waals surface area contributed by atoms with Gasteiger partial charge in [0, 0.05) is 17.6 Å². The molecule has 1 aliphatic heterocycles. The van der Waals surface area contributed by atoms with Crippen LogP contribution >= 0.6 is 0 Å². The topological polar surface area (TPSA) is 70.2 Å². The molecule has 0 radical (unpaired) electrons. The molecule has 0 aromatic heterocycles. The van der Waals surface area contributed by atoms with Crippen molar-refractivity contribution in [2.45, 2.75) is 39.7 Å². The van der Waals surface area contributed by atoms with Gasteiger partial charge in [-0.25, -0.2) is 0 Å². The van der Waals surface area contributed by atoms with Crippen molar-refractivity contribution in [2.24, 2.45) is 5.92 Å². The first-order valence-electron chi connectivity index (χ1n) is 7.84. The van der Waals surface area contributed by atoms with Crippen molar-refractivity contribution in [3.63, 3.8) is 0 Å². The summed E-state index contributed by atoms with van der Waals surface area (Å²) in [6, 6.07) is 6.23. The lowest BCUT2D eigenvalue weighted by molar-refractivity contribution is -0.128. The molecule has 1 fully saturated rings. The highest BCUT2D eigenvalue weighted by Gasteiger charge is 2.24. The third-order valence-corrected chi connectivity index (χ3v) is 4.16. The van der Waals surface area contributed by atoms with Crippen LogP contribution in [0.3, 0.4) is 0 Å². The summed E-state index contributed by atoms with van der Waals surface area (Å²) < 4.78 is 0. The zero-order valence-corrected chi connectivity index (χ0v) is 13.5. The molecule has 22 heavy (non-hydrogen) atoms. The second-order valence-corrected chi connectivity index (χ2v) is 6.11. The highest BCUT2D eigenvalue weighted by atomic mass is 16.2. The van der Waals surface area contributed by atoms with Crippen molar-refractivity contribution >= 4 is 17.5 Å². The second kappa shape index (κ2) is 7.40. The van der Waals surface area contributed by atoms with Crippen LogP contribution in [-0.4, -0.2) is 30.9 Å². The van der Waals surface area contributed by atoms with E-state index in [4.69, 9.17) is 0 Å². The minimum Gasteiger partial charge on any atom is -0.347 e. The van der Waals surface area contributed by atoms with Crippen LogP contribution in [0.5, 0.6) is 0 Å². The molecule has 1 aliphatic rings. The van der Waals surface area contributed by atoms with Crippen LogP contribution in [0.1, 0.15) is 30.9 Å². The molecule has 1 aromatic carbocycles. The zero-order valence-electron chi connectivity index (χ0n) is 13.5. The molecular formula is C17H25N3O2. The molecular weight excluding hydrogens is 278 g/mol. The molecule has 0 bridgehead atoms. The Morgan fingerprint density at radius 3 is 2.59 bits per heavy atom. The molecule has 2 rings (SSSR count). The Kier molecular flexibility index (Phi) is 5.55. The summed E-state index contributed by atoms with van der Waals surface area (Å²) in [6.45, 7) is 6.86. The smallest absolute Gasteiger partial charge is 0.243 e. The minimum atomic E-state index is -0.187. The van der Waals surface area contributed by atoms with E-state index in [-0.39, 0.29) is 24.3 Å². The maximum atomic E-state index is 12.1. The number of carbonyl (C=O) groups is 2. The Hall–Kier alpha value is -1.88. The summed E-state index contributed by atoms with van der Waals surface area (Å²) in [4.78, 5) is 24.1. The van der Waals surface area contributed by atoms with Crippen molar-refractivity contribution in [2.75, 3.05) is 18.4 Å². The molecule has 2 atom stereocenters. The van der Waals surface area contributed by atoms with E-state index in [2.05, 4.69) is 22.9 Å². The second-order valence-electron chi connectivity index (χ2n) is 6.11. The van der Waals surface area contributed by atoms with Gasteiger partial charge in [-0.1, -0.05) is 18.2 Å². The van der Waals surface area contributed by atoms with E-state index in [0.717, 1.165) is 36.2 Å². The number of nitrogens with one attached hydrogen (secondary N) is 3. The fraction of sp³-hybridized carbons (Fsp3) is 0.529. The molecule has 120 valence electrons. The number of rotatable bonds is 4. The Bertz CT molecular complexity index is 537. The Balaban J connectivity index is 1.84. The minimum absolute atomic E-state index is 0.00393. The van der Waals surface area contributed by atoms with Crippen molar-refractivity contribution in [3.05, 3.63) is 29.3 Å². The fourth-order valence-electron chi connectivity index (χ4n) is 2.88. The standard InChI is InChI=1S/C17H25N3O2/c1-11-5-4-6-12(2)16(11)20-15(21)10-19-17(22)14-7-8-18-13(3)9-14/h4-6,13-14,18H,7-10H2,1-3H3,(H,19,22)(H,20,21)/t13-,14-/m0/s1. The maximum Gasteiger partial charge on any atom is 0.243 e. The van der Waals surface area contributed by atoms with Crippen LogP contribution < -0.4 is 16.0 Å². The molecule has 1 heterocycles. The van der Waals surface area contributed by atoms with Gasteiger partial charge in [-0.3, -0.25) is 9.59 Å². The van der Waals surface area contributed by atoms with Gasteiger partial charge in [0.1, 0.15) is 0 Å². The number of hydrogen-bond donors (Lipinski definition) is 3. The highest BCUT2D eigenvalue weighted by Crippen LogP contribution is 2.19. The molecule has 5 nitrogen and oxygen atoms in total. The van der Waals surface area contributed by atoms with Gasteiger partial charge in [0.2, 0.25) is 11.8 Å². The molecule has 3 N–H and O–H groups in total. The largest absolute Gasteiger partial charge is 0.347 e. The average Bonchev–Trinajstić information content (AvgIpc) is 2.48. The van der Waals surface area contributed by atoms with Gasteiger partial charge in [0.25, 0.3) is 0 Å². The van der Waals surface area contributed by atoms with Gasteiger partial charge in [-0.05, 0) is 51.3 Å². The van der Waals surface area contributed by atoms with Crippen LogP contribution in [-0.2, 0) is 9.59 Å². The van der Waals surface area contributed by atoms with E-state index in [1.54, 1.807) is 0 Å². The first kappa shape index (κ1) is 16.5. The monoisotopic (exact) mass is 303 g/mol. The number of anilines is 1. The summed E-state index contributed by atoms with van der Waals surface area (Å²) >= 11 is 0. The number of piperidine rings is 1. The molecule has 0 aliphatic carbocycles. The third kappa shape index (κ3) is 4.31. The number of para-hydroxylation sites is 1. The first-order valence-corrected chi connectivity index (χ1v) is 7.84. The third-order valence-electron chi connectivity index (χ3n) is 4.16. The summed E-state index contributed by atoms with van der Waals surface area (Å²) in [5.74, 6) is -0.206. The number of benzene rings is 1. The van der Waals surface area contributed by atoms with E-state index in [1.807, 2.05) is 32.0 Å². The quantitative estimate of drug-likeness (QED) is 0.793. The van der Waals surface area contributed by atoms with Crippen molar-refractivity contribution < 1.29 is 9.59 Å². The summed E-state index contributed by atoms with van der Waals surface area (Å²) in [5, 5.41) is 8.95. The molecule has 5 heteroatoms. The van der Waals surface area contributed by atoms with Crippen LogP contribution in [0.4, 0.5) is 5.69 Å². The van der Waals surface area contributed by atoms with Crippen molar-refractivity contribution in [1.29, 1.82) is 0 Å². The predicted molar refractivity (Wildman–Crippen MR) is 87.7 cm³/mol. The fourth-order valence-corrected chi connectivity index (χ4v) is 2.88. The molecule has 0 unspecified atom stereocenters. The van der Waals surface area contributed by atoms with Gasteiger partial charge in [-0.2, -0.15) is 0 Å². The van der Waals surface area contributed by atoms with E-state index in [0.29, 0.717) is 6.04 Å². The van der Waals surface area contributed by atoms with Gasteiger partial charge in [0.15, 0.2) is 0 Å². The van der Waals surface area contributed by atoms with Crippen LogP contribution in [0.25, 0.3) is 0 Å². The van der Waals surface area contributed by atoms with E-state index in [1.165, 1.54) is 0 Å². The molecule has 0 saturated carbocycles. The zero-order chi connectivity index (χ0) is 16.1. The Morgan fingerprint density at radius 2 is 1.95 bits per heavy atom. The lowest BCUT2D eigenvalue weighted by atomic mass is 9.92. The number of carbonyl (C=O) groups excluding carboxylic acids is 2. The van der Waals surface area contributed by atoms with E-state index >= 15 is 0 Å². The number of amides is 2. The number of hydrogen-bond acceptors (Lipinski definition) is 3. The lowest BCUT2D eigenvalue weighted by Gasteiger charge is -2.27. The highest BCUT2D eigenvalue weighted by molar-refractivity contribution is 5.96. The average molecular weight is 303 g/mol. The predicted octanol–water partition coefficient (Wildman–Crippen LogP) is 1.75. The van der Waals surface area contributed by atoms with Crippen LogP contribution in [0.15, 0.2) is 18.2 Å².